The van der Waals surface area contributed by atoms with Crippen LogP contribution in [0.25, 0.3) is 44.2 Å². The van der Waals surface area contributed by atoms with Crippen molar-refractivity contribution in [3.63, 3.8) is 0 Å². The minimum absolute atomic E-state index is 0.110. The summed E-state index contributed by atoms with van der Waals surface area (Å²) in [6.07, 6.45) is 4.77. The van der Waals surface area contributed by atoms with Gasteiger partial charge in [-0.1, -0.05) is 97.1 Å². The summed E-state index contributed by atoms with van der Waals surface area (Å²) < 4.78 is 0. The lowest BCUT2D eigenvalue weighted by Gasteiger charge is -2.13. The highest BCUT2D eigenvalue weighted by Crippen LogP contribution is 2.28. The maximum atomic E-state index is 13.8. The molecule has 0 spiro atoms. The van der Waals surface area contributed by atoms with Crippen LogP contribution >= 0.6 is 0 Å². The number of benzene rings is 5. The number of hydrogen-bond donors (Lipinski definition) is 3. The second-order valence-corrected chi connectivity index (χ2v) is 13.3. The van der Waals surface area contributed by atoms with E-state index in [0.29, 0.717) is 17.1 Å². The third-order valence-electron chi connectivity index (χ3n) is 9.32. The number of pyridine rings is 3. The molecule has 0 saturated carbocycles. The molecule has 0 aliphatic rings. The quantitative estimate of drug-likeness (QED) is 0.134. The number of hydrogen-bond acceptors (Lipinski definition) is 6. The normalized spacial score (nSPS) is 10.9. The Balaban J connectivity index is 1.09. The first-order valence-corrected chi connectivity index (χ1v) is 17.7. The Labute approximate surface area is 317 Å². The second kappa shape index (κ2) is 14.8. The molecule has 0 saturated heterocycles. The third kappa shape index (κ3) is 7.40. The molecule has 55 heavy (non-hydrogen) atoms. The molecule has 0 radical (unpaired) electrons. The zero-order valence-corrected chi connectivity index (χ0v) is 30.0. The molecule has 3 N–H and O–H groups in total. The molecule has 5 aromatic carbocycles. The molecule has 0 unspecified atom stereocenters. The zero-order valence-electron chi connectivity index (χ0n) is 30.0. The summed E-state index contributed by atoms with van der Waals surface area (Å²) in [5.74, 6) is -1.54. The fraction of sp³-hybridized carbons (Fsp3) is 0.0435. The largest absolute Gasteiger partial charge is 0.321 e. The van der Waals surface area contributed by atoms with Crippen LogP contribution in [-0.2, 0) is 0 Å². The van der Waals surface area contributed by atoms with E-state index in [-0.39, 0.29) is 16.7 Å². The summed E-state index contributed by atoms with van der Waals surface area (Å²) in [6.45, 7) is 3.84. The zero-order chi connectivity index (χ0) is 37.9. The van der Waals surface area contributed by atoms with Gasteiger partial charge in [0.15, 0.2) is 0 Å². The van der Waals surface area contributed by atoms with Crippen LogP contribution in [0, 0.1) is 13.8 Å². The van der Waals surface area contributed by atoms with E-state index in [1.807, 2.05) is 129 Å². The van der Waals surface area contributed by atoms with Crippen LogP contribution in [0.2, 0.25) is 0 Å². The molecule has 0 aliphatic carbocycles. The Morgan fingerprint density at radius 1 is 0.436 bits per heavy atom. The summed E-state index contributed by atoms with van der Waals surface area (Å²) in [6, 6.07) is 41.4. The van der Waals surface area contributed by atoms with E-state index in [1.54, 1.807) is 18.6 Å². The molecular weight excluding hydrogens is 685 g/mol. The first-order chi connectivity index (χ1) is 26.8. The fourth-order valence-corrected chi connectivity index (χ4v) is 6.65. The van der Waals surface area contributed by atoms with E-state index in [2.05, 4.69) is 30.9 Å². The highest BCUT2D eigenvalue weighted by atomic mass is 16.2. The molecule has 3 amide bonds. The van der Waals surface area contributed by atoms with E-state index >= 15 is 0 Å². The molecule has 3 aromatic heterocycles. The predicted molar refractivity (Wildman–Crippen MR) is 218 cm³/mol. The number of aryl methyl sites for hydroxylation is 2. The van der Waals surface area contributed by atoms with Gasteiger partial charge in [0.2, 0.25) is 0 Å². The third-order valence-corrected chi connectivity index (χ3v) is 9.32. The van der Waals surface area contributed by atoms with Crippen molar-refractivity contribution in [3.8, 4) is 22.5 Å². The standard InChI is InChI=1S/C46H34N6O3/c1-28-19-37(25-47-41(28)31-12-5-3-6-13-31)50-44(53)34-21-35(45(54)51-38-20-29(2)42(48-26-38)32-14-7-4-8-15-32)23-36(22-34)46(55)52-39-24-33-18-17-30-11-9-10-16-40(30)43(33)49-27-39/h3-27H,1-2H3,(H,50,53)(H,51,54)(H,52,55). The van der Waals surface area contributed by atoms with Crippen LogP contribution in [0.4, 0.5) is 17.1 Å². The minimum Gasteiger partial charge on any atom is -0.321 e. The van der Waals surface area contributed by atoms with Crippen LogP contribution in [0.15, 0.2) is 152 Å². The van der Waals surface area contributed by atoms with Gasteiger partial charge in [-0.25, -0.2) is 0 Å². The highest BCUT2D eigenvalue weighted by Gasteiger charge is 2.19. The van der Waals surface area contributed by atoms with E-state index in [0.717, 1.165) is 55.3 Å². The van der Waals surface area contributed by atoms with E-state index in [4.69, 9.17) is 0 Å². The molecule has 3 heterocycles. The van der Waals surface area contributed by atoms with Crippen molar-refractivity contribution >= 4 is 56.5 Å². The maximum Gasteiger partial charge on any atom is 0.255 e. The van der Waals surface area contributed by atoms with Gasteiger partial charge in [0.25, 0.3) is 17.7 Å². The number of anilines is 3. The number of fused-ring (bicyclic) bond motifs is 3. The van der Waals surface area contributed by atoms with E-state index in [1.165, 1.54) is 18.2 Å². The summed E-state index contributed by atoms with van der Waals surface area (Å²) in [4.78, 5) is 55.3. The van der Waals surface area contributed by atoms with Crippen LogP contribution in [0.5, 0.6) is 0 Å². The van der Waals surface area contributed by atoms with Gasteiger partial charge >= 0.3 is 0 Å². The number of carbonyl (C=O) groups excluding carboxylic acids is 3. The van der Waals surface area contributed by atoms with Crippen molar-refractivity contribution in [2.24, 2.45) is 0 Å². The Kier molecular flexibility index (Phi) is 9.33. The molecule has 8 aromatic rings. The van der Waals surface area contributed by atoms with Crippen molar-refractivity contribution in [2.75, 3.05) is 16.0 Å². The van der Waals surface area contributed by atoms with Gasteiger partial charge in [0.1, 0.15) is 0 Å². The number of rotatable bonds is 8. The molecule has 0 fully saturated rings. The van der Waals surface area contributed by atoms with Gasteiger partial charge in [-0.15, -0.1) is 0 Å². The van der Waals surface area contributed by atoms with Gasteiger partial charge in [0, 0.05) is 38.6 Å². The number of nitrogens with one attached hydrogen (secondary N) is 3. The van der Waals surface area contributed by atoms with Crippen LogP contribution in [0.1, 0.15) is 42.2 Å². The number of nitrogens with zero attached hydrogens (tertiary/aromatic N) is 3. The SMILES string of the molecule is Cc1cc(NC(=O)c2cc(C(=O)Nc3cnc(-c4ccccc4)c(C)c3)cc(C(=O)Nc3cnc4c(ccc5ccccc54)c3)c2)cnc1-c1ccccc1. The average Bonchev–Trinajstić information content (AvgIpc) is 3.21. The van der Waals surface area contributed by atoms with E-state index in [9.17, 15) is 14.4 Å². The van der Waals surface area contributed by atoms with E-state index < -0.39 is 17.7 Å². The fourth-order valence-electron chi connectivity index (χ4n) is 6.65. The van der Waals surface area contributed by atoms with Crippen molar-refractivity contribution in [2.45, 2.75) is 13.8 Å². The van der Waals surface area contributed by atoms with Gasteiger partial charge in [0.05, 0.1) is 52.6 Å². The van der Waals surface area contributed by atoms with Gasteiger partial charge in [-0.3, -0.25) is 29.3 Å². The van der Waals surface area contributed by atoms with Crippen LogP contribution < -0.4 is 16.0 Å². The predicted octanol–water partition coefficient (Wildman–Crippen LogP) is 9.89. The van der Waals surface area contributed by atoms with Crippen molar-refractivity contribution in [1.29, 1.82) is 0 Å². The Morgan fingerprint density at radius 2 is 0.855 bits per heavy atom. The molecule has 0 aliphatic heterocycles. The summed E-state index contributed by atoms with van der Waals surface area (Å²) >= 11 is 0. The van der Waals surface area contributed by atoms with Crippen LogP contribution in [-0.4, -0.2) is 32.7 Å². The van der Waals surface area contributed by atoms with Gasteiger partial charge < -0.3 is 16.0 Å². The smallest absolute Gasteiger partial charge is 0.255 e. The molecule has 9 heteroatoms. The van der Waals surface area contributed by atoms with Crippen molar-refractivity contribution in [3.05, 3.63) is 180 Å². The summed E-state index contributed by atoms with van der Waals surface area (Å²) in [5.41, 5.74) is 7.82. The lowest BCUT2D eigenvalue weighted by molar-refractivity contribution is 0.102. The summed E-state index contributed by atoms with van der Waals surface area (Å²) in [5, 5.41) is 11.6. The average molecular weight is 719 g/mol. The number of amides is 3. The molecule has 9 nitrogen and oxygen atoms in total. The second-order valence-electron chi connectivity index (χ2n) is 13.3. The monoisotopic (exact) mass is 718 g/mol. The molecule has 266 valence electrons. The highest BCUT2D eigenvalue weighted by molar-refractivity contribution is 6.13. The molecule has 0 atom stereocenters. The lowest BCUT2D eigenvalue weighted by atomic mass is 10.0. The topological polar surface area (TPSA) is 126 Å². The maximum absolute atomic E-state index is 13.8. The first kappa shape index (κ1) is 34.6. The lowest BCUT2D eigenvalue weighted by Crippen LogP contribution is -2.19. The number of carbonyl (C=O) groups is 3. The first-order valence-electron chi connectivity index (χ1n) is 17.7. The Morgan fingerprint density at radius 3 is 1.35 bits per heavy atom. The minimum atomic E-state index is -0.514. The summed E-state index contributed by atoms with van der Waals surface area (Å²) in [7, 11) is 0. The Bertz CT molecular complexity index is 2650. The van der Waals surface area contributed by atoms with Gasteiger partial charge in [-0.2, -0.15) is 0 Å². The number of aromatic nitrogens is 3. The van der Waals surface area contributed by atoms with Crippen LogP contribution in [0.3, 0.4) is 0 Å². The molecule has 0 bridgehead atoms. The van der Waals surface area contributed by atoms with Crippen molar-refractivity contribution in [1.82, 2.24) is 15.0 Å². The van der Waals surface area contributed by atoms with Gasteiger partial charge in [-0.05, 0) is 66.8 Å². The molecule has 8 rings (SSSR count). The van der Waals surface area contributed by atoms with Crippen molar-refractivity contribution < 1.29 is 14.4 Å². The Hall–Kier alpha value is -7.52. The molecular formula is C46H34N6O3.